The van der Waals surface area contributed by atoms with Gasteiger partial charge in [0.05, 0.1) is 11.8 Å². The Morgan fingerprint density at radius 3 is 2.73 bits per heavy atom. The zero-order valence-corrected chi connectivity index (χ0v) is 7.20. The fourth-order valence-electron chi connectivity index (χ4n) is 1.18. The molecule has 1 N–H and O–H groups in total. The van der Waals surface area contributed by atoms with Crippen molar-refractivity contribution in [3.05, 3.63) is 17.5 Å². The monoisotopic (exact) mass is 154 g/mol. The molecule has 0 aliphatic rings. The van der Waals surface area contributed by atoms with E-state index < -0.39 is 6.10 Å². The van der Waals surface area contributed by atoms with E-state index in [1.165, 1.54) is 0 Å². The van der Waals surface area contributed by atoms with Crippen molar-refractivity contribution >= 4 is 0 Å². The van der Waals surface area contributed by atoms with E-state index in [4.69, 9.17) is 0 Å². The van der Waals surface area contributed by atoms with Gasteiger partial charge in [0.25, 0.3) is 0 Å². The van der Waals surface area contributed by atoms with Crippen LogP contribution in [0.1, 0.15) is 31.2 Å². The van der Waals surface area contributed by atoms with Gasteiger partial charge < -0.3 is 5.11 Å². The summed E-state index contributed by atoms with van der Waals surface area (Å²) in [6.45, 7) is 3.80. The van der Waals surface area contributed by atoms with Crippen LogP contribution in [0, 0.1) is 0 Å². The van der Waals surface area contributed by atoms with Crippen LogP contribution in [-0.4, -0.2) is 14.9 Å². The largest absolute Gasteiger partial charge is 0.389 e. The first kappa shape index (κ1) is 8.27. The first-order valence-corrected chi connectivity index (χ1v) is 3.85. The first-order valence-electron chi connectivity index (χ1n) is 3.85. The van der Waals surface area contributed by atoms with Crippen LogP contribution in [0.5, 0.6) is 0 Å². The van der Waals surface area contributed by atoms with Crippen molar-refractivity contribution in [3.8, 4) is 0 Å². The molecule has 0 saturated carbocycles. The van der Waals surface area contributed by atoms with Gasteiger partial charge in [-0.15, -0.1) is 0 Å². The van der Waals surface area contributed by atoms with Crippen LogP contribution >= 0.6 is 0 Å². The van der Waals surface area contributed by atoms with E-state index in [-0.39, 0.29) is 0 Å². The Kier molecular flexibility index (Phi) is 2.29. The molecule has 3 heteroatoms. The summed E-state index contributed by atoms with van der Waals surface area (Å²) in [4.78, 5) is 0. The molecule has 0 aliphatic carbocycles. The normalized spacial score (nSPS) is 13.5. The minimum atomic E-state index is -0.404. The summed E-state index contributed by atoms with van der Waals surface area (Å²) in [5, 5.41) is 13.5. The van der Waals surface area contributed by atoms with Crippen molar-refractivity contribution < 1.29 is 5.11 Å². The van der Waals surface area contributed by atoms with E-state index in [9.17, 15) is 5.11 Å². The Hall–Kier alpha value is -0.830. The summed E-state index contributed by atoms with van der Waals surface area (Å²) in [6.07, 6.45) is 2.34. The molecular formula is C8H14N2O. The second-order valence-electron chi connectivity index (χ2n) is 2.73. The van der Waals surface area contributed by atoms with Crippen molar-refractivity contribution in [2.24, 2.45) is 7.05 Å². The molecule has 0 spiro atoms. The molecule has 1 heterocycles. The minimum Gasteiger partial charge on any atom is -0.389 e. The number of aliphatic hydroxyl groups is 1. The highest BCUT2D eigenvalue weighted by atomic mass is 16.3. The summed E-state index contributed by atoms with van der Waals surface area (Å²) in [6, 6.07) is 0. The van der Waals surface area contributed by atoms with Crippen LogP contribution in [0.4, 0.5) is 0 Å². The molecule has 1 rings (SSSR count). The third-order valence-electron chi connectivity index (χ3n) is 1.72. The standard InChI is InChI=1S/C8H14N2O/c1-4-8-7(6(2)11)5-10(3)9-8/h5-6,11H,4H2,1-3H3. The summed E-state index contributed by atoms with van der Waals surface area (Å²) < 4.78 is 1.74. The van der Waals surface area contributed by atoms with Gasteiger partial charge in [0.1, 0.15) is 0 Å². The predicted octanol–water partition coefficient (Wildman–Crippen LogP) is 1.04. The molecule has 3 nitrogen and oxygen atoms in total. The maximum absolute atomic E-state index is 9.30. The van der Waals surface area contributed by atoms with Crippen LogP contribution in [0.3, 0.4) is 0 Å². The van der Waals surface area contributed by atoms with E-state index in [1.54, 1.807) is 11.6 Å². The highest BCUT2D eigenvalue weighted by Crippen LogP contribution is 2.15. The SMILES string of the molecule is CCc1nn(C)cc1C(C)O. The van der Waals surface area contributed by atoms with Crippen LogP contribution in [0.15, 0.2) is 6.20 Å². The quantitative estimate of drug-likeness (QED) is 0.691. The van der Waals surface area contributed by atoms with E-state index in [1.807, 2.05) is 20.2 Å². The number of rotatable bonds is 2. The lowest BCUT2D eigenvalue weighted by atomic mass is 10.1. The number of nitrogens with zero attached hydrogens (tertiary/aromatic N) is 2. The molecule has 0 radical (unpaired) electrons. The predicted molar refractivity (Wildman–Crippen MR) is 43.2 cm³/mol. The van der Waals surface area contributed by atoms with Crippen molar-refractivity contribution in [2.45, 2.75) is 26.4 Å². The molecule has 0 bridgehead atoms. The summed E-state index contributed by atoms with van der Waals surface area (Å²) in [5.74, 6) is 0. The molecule has 0 amide bonds. The number of aromatic nitrogens is 2. The highest BCUT2D eigenvalue weighted by Gasteiger charge is 2.09. The molecule has 62 valence electrons. The van der Waals surface area contributed by atoms with Crippen LogP contribution in [-0.2, 0) is 13.5 Å². The molecule has 0 aliphatic heterocycles. The highest BCUT2D eigenvalue weighted by molar-refractivity contribution is 5.18. The van der Waals surface area contributed by atoms with Gasteiger partial charge in [-0.2, -0.15) is 5.10 Å². The molecule has 1 aromatic rings. The van der Waals surface area contributed by atoms with Gasteiger partial charge in [0.2, 0.25) is 0 Å². The van der Waals surface area contributed by atoms with Crippen molar-refractivity contribution in [1.82, 2.24) is 9.78 Å². The first-order chi connectivity index (χ1) is 5.15. The van der Waals surface area contributed by atoms with E-state index in [2.05, 4.69) is 5.10 Å². The molecule has 0 saturated heterocycles. The Morgan fingerprint density at radius 2 is 2.36 bits per heavy atom. The summed E-state index contributed by atoms with van der Waals surface area (Å²) in [5.41, 5.74) is 1.93. The summed E-state index contributed by atoms with van der Waals surface area (Å²) in [7, 11) is 1.87. The van der Waals surface area contributed by atoms with E-state index >= 15 is 0 Å². The van der Waals surface area contributed by atoms with Crippen molar-refractivity contribution in [3.63, 3.8) is 0 Å². The topological polar surface area (TPSA) is 38.0 Å². The second kappa shape index (κ2) is 3.05. The molecule has 0 aromatic carbocycles. The van der Waals surface area contributed by atoms with Gasteiger partial charge in [-0.3, -0.25) is 4.68 Å². The van der Waals surface area contributed by atoms with Crippen molar-refractivity contribution in [1.29, 1.82) is 0 Å². The Balaban J connectivity index is 3.02. The van der Waals surface area contributed by atoms with Gasteiger partial charge >= 0.3 is 0 Å². The molecule has 1 unspecified atom stereocenters. The van der Waals surface area contributed by atoms with Gasteiger partial charge in [0, 0.05) is 18.8 Å². The van der Waals surface area contributed by atoms with Gasteiger partial charge in [0.15, 0.2) is 0 Å². The Bertz CT molecular complexity index is 240. The molecule has 1 aromatic heterocycles. The average molecular weight is 154 g/mol. The minimum absolute atomic E-state index is 0.404. The molecular weight excluding hydrogens is 140 g/mol. The number of aliphatic hydroxyl groups excluding tert-OH is 1. The lowest BCUT2D eigenvalue weighted by molar-refractivity contribution is 0.198. The fraction of sp³-hybridized carbons (Fsp3) is 0.625. The zero-order chi connectivity index (χ0) is 8.43. The van der Waals surface area contributed by atoms with Gasteiger partial charge in [-0.25, -0.2) is 0 Å². The zero-order valence-electron chi connectivity index (χ0n) is 7.20. The Labute approximate surface area is 66.7 Å². The maximum Gasteiger partial charge on any atom is 0.0795 e. The van der Waals surface area contributed by atoms with Crippen LogP contribution < -0.4 is 0 Å². The molecule has 11 heavy (non-hydrogen) atoms. The van der Waals surface area contributed by atoms with E-state index in [0.29, 0.717) is 0 Å². The smallest absolute Gasteiger partial charge is 0.0795 e. The molecule has 0 fully saturated rings. The molecule has 1 atom stereocenters. The number of hydrogen-bond donors (Lipinski definition) is 1. The van der Waals surface area contributed by atoms with Crippen molar-refractivity contribution in [2.75, 3.05) is 0 Å². The summed E-state index contributed by atoms with van der Waals surface area (Å²) >= 11 is 0. The van der Waals surface area contributed by atoms with Crippen LogP contribution in [0.25, 0.3) is 0 Å². The third kappa shape index (κ3) is 1.60. The lowest BCUT2D eigenvalue weighted by Gasteiger charge is -2.00. The van der Waals surface area contributed by atoms with Gasteiger partial charge in [-0.05, 0) is 13.3 Å². The van der Waals surface area contributed by atoms with Crippen LogP contribution in [0.2, 0.25) is 0 Å². The average Bonchev–Trinajstić information content (AvgIpc) is 2.30. The fourth-order valence-corrected chi connectivity index (χ4v) is 1.18. The maximum atomic E-state index is 9.30. The number of aryl methyl sites for hydroxylation is 2. The lowest BCUT2D eigenvalue weighted by Crippen LogP contribution is -1.93. The number of hydrogen-bond acceptors (Lipinski definition) is 2. The Morgan fingerprint density at radius 1 is 1.73 bits per heavy atom. The van der Waals surface area contributed by atoms with E-state index in [0.717, 1.165) is 17.7 Å². The second-order valence-corrected chi connectivity index (χ2v) is 2.73. The third-order valence-corrected chi connectivity index (χ3v) is 1.72. The van der Waals surface area contributed by atoms with Gasteiger partial charge in [-0.1, -0.05) is 6.92 Å².